The maximum absolute atomic E-state index is 12.1. The summed E-state index contributed by atoms with van der Waals surface area (Å²) in [6.45, 7) is 1.74. The Hall–Kier alpha value is -0.730. The predicted octanol–water partition coefficient (Wildman–Crippen LogP) is 1.44. The van der Waals surface area contributed by atoms with Crippen molar-refractivity contribution in [3.63, 3.8) is 0 Å². The molecule has 0 saturated carbocycles. The van der Waals surface area contributed by atoms with Crippen LogP contribution in [0.15, 0.2) is 0 Å². The van der Waals surface area contributed by atoms with Gasteiger partial charge in [0.1, 0.15) is 5.25 Å². The highest BCUT2D eigenvalue weighted by Crippen LogP contribution is 2.31. The number of nitrogens with one attached hydrogen (secondary N) is 1. The summed E-state index contributed by atoms with van der Waals surface area (Å²) in [6.07, 6.45) is 3.38. The van der Waals surface area contributed by atoms with E-state index in [1.165, 1.54) is 16.2 Å². The largest absolute Gasteiger partial charge is 0.392 e. The van der Waals surface area contributed by atoms with E-state index in [0.717, 1.165) is 25.0 Å². The fraction of sp³-hybridized carbons (Fsp3) is 0.600. The number of fused-ring (bicyclic) bond motifs is 1. The average Bonchev–Trinajstić information content (AvgIpc) is 2.76. The van der Waals surface area contributed by atoms with E-state index in [4.69, 9.17) is 18.0 Å². The lowest BCUT2D eigenvalue weighted by Crippen LogP contribution is -2.37. The smallest absolute Gasteiger partial charge is 0.243 e. The molecule has 0 amide bonds. The van der Waals surface area contributed by atoms with Crippen molar-refractivity contribution in [3.8, 4) is 0 Å². The lowest BCUT2D eigenvalue weighted by molar-refractivity contribution is 0.594. The quantitative estimate of drug-likeness (QED) is 0.804. The van der Waals surface area contributed by atoms with Crippen LogP contribution < -0.4 is 10.5 Å². The molecule has 0 fully saturated rings. The number of hydrogen-bond acceptors (Lipinski definition) is 5. The van der Waals surface area contributed by atoms with Crippen LogP contribution in [0.5, 0.6) is 0 Å². The van der Waals surface area contributed by atoms with Crippen LogP contribution >= 0.6 is 23.6 Å². The Morgan fingerprint density at radius 1 is 1.61 bits per heavy atom. The molecule has 1 aliphatic carbocycles. The molecule has 1 unspecified atom stereocenters. The number of aromatic nitrogens is 1. The first-order valence-corrected chi connectivity index (χ1v) is 8.50. The normalized spacial score (nSPS) is 16.3. The number of nitrogens with two attached hydrogens (primary N) is 1. The van der Waals surface area contributed by atoms with E-state index in [-0.39, 0.29) is 4.99 Å². The molecule has 1 aliphatic rings. The van der Waals surface area contributed by atoms with E-state index >= 15 is 0 Å². The molecule has 5 nitrogen and oxygen atoms in total. The van der Waals surface area contributed by atoms with E-state index in [2.05, 4.69) is 9.71 Å². The van der Waals surface area contributed by atoms with Crippen molar-refractivity contribution in [1.82, 2.24) is 4.98 Å². The lowest BCUT2D eigenvalue weighted by atomic mass is 10.3. The first-order valence-electron chi connectivity index (χ1n) is 5.73. The summed E-state index contributed by atoms with van der Waals surface area (Å²) in [4.78, 5) is 5.47. The van der Waals surface area contributed by atoms with Gasteiger partial charge in [-0.1, -0.05) is 19.1 Å². The van der Waals surface area contributed by atoms with Crippen molar-refractivity contribution in [3.05, 3.63) is 10.6 Å². The van der Waals surface area contributed by atoms with Gasteiger partial charge in [-0.25, -0.2) is 13.4 Å². The Bertz CT molecular complexity index is 543. The van der Waals surface area contributed by atoms with Gasteiger partial charge in [0.15, 0.2) is 5.13 Å². The van der Waals surface area contributed by atoms with Crippen LogP contribution in [0.4, 0.5) is 5.13 Å². The molecule has 1 heterocycles. The molecule has 8 heteroatoms. The van der Waals surface area contributed by atoms with E-state index in [9.17, 15) is 8.42 Å². The van der Waals surface area contributed by atoms with Gasteiger partial charge in [0.05, 0.1) is 10.7 Å². The molecule has 0 bridgehead atoms. The summed E-state index contributed by atoms with van der Waals surface area (Å²) in [7, 11) is -3.58. The third-order valence-corrected chi connectivity index (χ3v) is 6.34. The van der Waals surface area contributed by atoms with Gasteiger partial charge in [-0.05, 0) is 25.7 Å². The van der Waals surface area contributed by atoms with E-state index in [1.807, 2.05) is 0 Å². The number of rotatable bonds is 5. The molecular formula is C10H15N3O2S3. The van der Waals surface area contributed by atoms with Crippen molar-refractivity contribution < 1.29 is 8.42 Å². The molecule has 0 aromatic carbocycles. The SMILES string of the molecule is CCC(C(N)=S)S(=O)(=O)Nc1nc2c(s1)CCC2. The minimum absolute atomic E-state index is 0.00547. The summed E-state index contributed by atoms with van der Waals surface area (Å²) < 4.78 is 26.7. The van der Waals surface area contributed by atoms with Gasteiger partial charge in [-0.3, -0.25) is 4.72 Å². The van der Waals surface area contributed by atoms with Crippen LogP contribution in [0, 0.1) is 0 Å². The highest BCUT2D eigenvalue weighted by molar-refractivity contribution is 7.95. The number of thiocarbonyl (C=S) groups is 1. The average molecular weight is 305 g/mol. The summed E-state index contributed by atoms with van der Waals surface area (Å²) in [5.74, 6) is 0. The highest BCUT2D eigenvalue weighted by atomic mass is 32.2. The van der Waals surface area contributed by atoms with Gasteiger partial charge in [-0.2, -0.15) is 0 Å². The summed E-state index contributed by atoms with van der Waals surface area (Å²) in [5, 5.41) is -0.416. The molecule has 0 spiro atoms. The Kier molecular flexibility index (Phi) is 3.88. The highest BCUT2D eigenvalue weighted by Gasteiger charge is 2.28. The van der Waals surface area contributed by atoms with E-state index in [0.29, 0.717) is 11.6 Å². The number of hydrogen-bond donors (Lipinski definition) is 2. The fourth-order valence-corrected chi connectivity index (χ4v) is 5.14. The Morgan fingerprint density at radius 2 is 2.33 bits per heavy atom. The molecule has 18 heavy (non-hydrogen) atoms. The predicted molar refractivity (Wildman–Crippen MR) is 77.5 cm³/mol. The minimum atomic E-state index is -3.58. The number of anilines is 1. The van der Waals surface area contributed by atoms with Crippen LogP contribution in [0.25, 0.3) is 0 Å². The topological polar surface area (TPSA) is 85.1 Å². The maximum Gasteiger partial charge on any atom is 0.243 e. The summed E-state index contributed by atoms with van der Waals surface area (Å²) in [6, 6.07) is 0. The van der Waals surface area contributed by atoms with Gasteiger partial charge < -0.3 is 5.73 Å². The van der Waals surface area contributed by atoms with Gasteiger partial charge in [0.25, 0.3) is 0 Å². The first kappa shape index (κ1) is 13.7. The number of aryl methyl sites for hydroxylation is 2. The van der Waals surface area contributed by atoms with Gasteiger partial charge >= 0.3 is 0 Å². The zero-order chi connectivity index (χ0) is 13.3. The number of nitrogens with zero attached hydrogens (tertiary/aromatic N) is 1. The van der Waals surface area contributed by atoms with Crippen LogP contribution in [-0.4, -0.2) is 23.6 Å². The zero-order valence-corrected chi connectivity index (χ0v) is 12.4. The van der Waals surface area contributed by atoms with Crippen LogP contribution in [-0.2, 0) is 22.9 Å². The van der Waals surface area contributed by atoms with Crippen LogP contribution in [0.3, 0.4) is 0 Å². The Balaban J connectivity index is 2.19. The lowest BCUT2D eigenvalue weighted by Gasteiger charge is -2.14. The Labute approximate surface area is 116 Å². The molecule has 1 atom stereocenters. The summed E-state index contributed by atoms with van der Waals surface area (Å²) >= 11 is 6.19. The Morgan fingerprint density at radius 3 is 2.89 bits per heavy atom. The summed E-state index contributed by atoms with van der Waals surface area (Å²) in [5.41, 5.74) is 6.47. The van der Waals surface area contributed by atoms with Crippen molar-refractivity contribution >= 4 is 43.7 Å². The number of sulfonamides is 1. The molecule has 0 aliphatic heterocycles. The molecular weight excluding hydrogens is 290 g/mol. The van der Waals surface area contributed by atoms with Crippen molar-refractivity contribution in [1.29, 1.82) is 0 Å². The molecule has 1 aromatic heterocycles. The minimum Gasteiger partial charge on any atom is -0.392 e. The standard InChI is InChI=1S/C10H15N3O2S3/c1-2-8(9(11)16)18(14,15)13-10-12-6-4-3-5-7(6)17-10/h8H,2-5H2,1H3,(H2,11,16)(H,12,13). The second-order valence-electron chi connectivity index (χ2n) is 4.19. The third-order valence-electron chi connectivity index (χ3n) is 2.89. The van der Waals surface area contributed by atoms with E-state index in [1.54, 1.807) is 6.92 Å². The van der Waals surface area contributed by atoms with Crippen molar-refractivity contribution in [2.75, 3.05) is 4.72 Å². The number of thiazole rings is 1. The molecule has 0 saturated heterocycles. The molecule has 2 rings (SSSR count). The molecule has 100 valence electrons. The second-order valence-corrected chi connectivity index (χ2v) is 7.61. The fourth-order valence-electron chi connectivity index (χ4n) is 2.00. The zero-order valence-electron chi connectivity index (χ0n) is 9.97. The van der Waals surface area contributed by atoms with Gasteiger partial charge in [0, 0.05) is 4.88 Å². The van der Waals surface area contributed by atoms with Crippen LogP contribution in [0.1, 0.15) is 30.3 Å². The van der Waals surface area contributed by atoms with Gasteiger partial charge in [-0.15, -0.1) is 11.3 Å². The molecule has 3 N–H and O–H groups in total. The maximum atomic E-state index is 12.1. The van der Waals surface area contributed by atoms with Gasteiger partial charge in [0.2, 0.25) is 10.0 Å². The van der Waals surface area contributed by atoms with Crippen LogP contribution in [0.2, 0.25) is 0 Å². The first-order chi connectivity index (χ1) is 8.44. The van der Waals surface area contributed by atoms with Crippen molar-refractivity contribution in [2.24, 2.45) is 5.73 Å². The third kappa shape index (κ3) is 2.65. The van der Waals surface area contributed by atoms with Crippen molar-refractivity contribution in [2.45, 2.75) is 37.9 Å². The molecule has 0 radical (unpaired) electrons. The molecule has 1 aromatic rings. The van der Waals surface area contributed by atoms with E-state index < -0.39 is 15.3 Å². The monoisotopic (exact) mass is 305 g/mol. The second kappa shape index (κ2) is 5.10.